The lowest BCUT2D eigenvalue weighted by Gasteiger charge is -2.26. The van der Waals surface area contributed by atoms with Crippen LogP contribution in [0.4, 0.5) is 5.69 Å². The standard InChI is InChI=1S/C18H21N3O2S/c1-12(21-10-2-4-15(21)16-5-3-11-24-16)18(23)20-14-8-6-13(7-9-14)17(19)22/h3,5-9,11-12,15H,2,4,10H2,1H3,(H2,19,22)(H,20,23)/p+1/t12-,15+/m0/s1. The summed E-state index contributed by atoms with van der Waals surface area (Å²) in [6, 6.07) is 11.2. The fourth-order valence-corrected chi connectivity index (χ4v) is 4.24. The number of rotatable bonds is 5. The van der Waals surface area contributed by atoms with Crippen molar-refractivity contribution in [2.24, 2.45) is 5.73 Å². The van der Waals surface area contributed by atoms with Crippen LogP contribution in [0.25, 0.3) is 0 Å². The zero-order valence-corrected chi connectivity index (χ0v) is 14.4. The molecule has 0 radical (unpaired) electrons. The Morgan fingerprint density at radius 3 is 2.67 bits per heavy atom. The average Bonchev–Trinajstić information content (AvgIpc) is 3.25. The summed E-state index contributed by atoms with van der Waals surface area (Å²) in [4.78, 5) is 26.4. The second kappa shape index (κ2) is 7.15. The summed E-state index contributed by atoms with van der Waals surface area (Å²) in [6.45, 7) is 2.99. The number of hydrogen-bond donors (Lipinski definition) is 3. The molecule has 2 aromatic rings. The second-order valence-corrected chi connectivity index (χ2v) is 7.17. The molecule has 3 atom stereocenters. The van der Waals surface area contributed by atoms with Crippen molar-refractivity contribution in [3.05, 3.63) is 52.2 Å². The lowest BCUT2D eigenvalue weighted by Crippen LogP contribution is -3.15. The van der Waals surface area contributed by atoms with Gasteiger partial charge in [0.1, 0.15) is 6.04 Å². The molecule has 0 saturated carbocycles. The van der Waals surface area contributed by atoms with Crippen molar-refractivity contribution >= 4 is 28.8 Å². The van der Waals surface area contributed by atoms with Crippen LogP contribution in [0.3, 0.4) is 0 Å². The van der Waals surface area contributed by atoms with E-state index in [4.69, 9.17) is 5.73 Å². The van der Waals surface area contributed by atoms with Crippen molar-refractivity contribution in [3.8, 4) is 0 Å². The Morgan fingerprint density at radius 1 is 1.29 bits per heavy atom. The summed E-state index contributed by atoms with van der Waals surface area (Å²) < 4.78 is 0. The molecule has 3 rings (SSSR count). The molecule has 1 unspecified atom stereocenters. The Hall–Kier alpha value is -2.18. The number of nitrogens with two attached hydrogens (primary N) is 1. The van der Waals surface area contributed by atoms with E-state index in [0.29, 0.717) is 17.3 Å². The number of nitrogens with one attached hydrogen (secondary N) is 2. The summed E-state index contributed by atoms with van der Waals surface area (Å²) in [7, 11) is 0. The van der Waals surface area contributed by atoms with Crippen LogP contribution >= 0.6 is 11.3 Å². The largest absolute Gasteiger partial charge is 0.366 e. The van der Waals surface area contributed by atoms with E-state index >= 15 is 0 Å². The molecule has 0 aliphatic carbocycles. The molecule has 6 heteroatoms. The molecule has 2 amide bonds. The Bertz CT molecular complexity index is 712. The number of benzene rings is 1. The van der Waals surface area contributed by atoms with Crippen LogP contribution in [-0.2, 0) is 4.79 Å². The van der Waals surface area contributed by atoms with Crippen LogP contribution < -0.4 is 16.0 Å². The number of thiophene rings is 1. The highest BCUT2D eigenvalue weighted by Gasteiger charge is 2.37. The van der Waals surface area contributed by atoms with E-state index in [-0.39, 0.29) is 11.9 Å². The molecule has 1 aromatic heterocycles. The molecule has 4 N–H and O–H groups in total. The van der Waals surface area contributed by atoms with Gasteiger partial charge in [0.2, 0.25) is 5.91 Å². The molecule has 24 heavy (non-hydrogen) atoms. The molecule has 5 nitrogen and oxygen atoms in total. The summed E-state index contributed by atoms with van der Waals surface area (Å²) in [5, 5.41) is 5.04. The third kappa shape index (κ3) is 3.49. The summed E-state index contributed by atoms with van der Waals surface area (Å²) in [6.07, 6.45) is 2.27. The minimum atomic E-state index is -0.471. The quantitative estimate of drug-likeness (QED) is 0.770. The third-order valence-corrected chi connectivity index (χ3v) is 5.66. The predicted molar refractivity (Wildman–Crippen MR) is 95.2 cm³/mol. The fourth-order valence-electron chi connectivity index (χ4n) is 3.34. The zero-order chi connectivity index (χ0) is 17.1. The molecule has 1 aromatic carbocycles. The number of amides is 2. The summed E-state index contributed by atoms with van der Waals surface area (Å²) in [5.74, 6) is -0.471. The number of carbonyl (C=O) groups is 2. The third-order valence-electron chi connectivity index (χ3n) is 4.68. The van der Waals surface area contributed by atoms with Crippen LogP contribution in [0.1, 0.15) is 41.0 Å². The van der Waals surface area contributed by atoms with Gasteiger partial charge in [-0.1, -0.05) is 6.07 Å². The van der Waals surface area contributed by atoms with Gasteiger partial charge in [-0.2, -0.15) is 0 Å². The number of quaternary nitrogens is 1. The highest BCUT2D eigenvalue weighted by Crippen LogP contribution is 2.24. The van der Waals surface area contributed by atoms with E-state index in [2.05, 4.69) is 22.8 Å². The molecule has 126 valence electrons. The van der Waals surface area contributed by atoms with Crippen LogP contribution in [0.2, 0.25) is 0 Å². The van der Waals surface area contributed by atoms with E-state index in [9.17, 15) is 9.59 Å². The zero-order valence-electron chi connectivity index (χ0n) is 13.6. The number of anilines is 1. The minimum absolute atomic E-state index is 0.000260. The number of primary amides is 1. The first-order valence-electron chi connectivity index (χ1n) is 8.16. The smallest absolute Gasteiger partial charge is 0.282 e. The molecular formula is C18H22N3O2S+. The maximum absolute atomic E-state index is 12.6. The van der Waals surface area contributed by atoms with Gasteiger partial charge in [0.05, 0.1) is 11.4 Å². The predicted octanol–water partition coefficient (Wildman–Crippen LogP) is 1.59. The van der Waals surface area contributed by atoms with Crippen LogP contribution in [0.15, 0.2) is 41.8 Å². The molecule has 2 heterocycles. The summed E-state index contributed by atoms with van der Waals surface area (Å²) in [5.41, 5.74) is 6.35. The normalized spacial score (nSPS) is 21.4. The van der Waals surface area contributed by atoms with Crippen molar-refractivity contribution < 1.29 is 14.5 Å². The van der Waals surface area contributed by atoms with E-state index in [1.807, 2.05) is 6.92 Å². The lowest BCUT2D eigenvalue weighted by molar-refractivity contribution is -0.931. The van der Waals surface area contributed by atoms with Crippen molar-refractivity contribution in [1.29, 1.82) is 0 Å². The van der Waals surface area contributed by atoms with Gasteiger partial charge in [0, 0.05) is 24.1 Å². The van der Waals surface area contributed by atoms with Crippen molar-refractivity contribution in [1.82, 2.24) is 0 Å². The van der Waals surface area contributed by atoms with Crippen LogP contribution in [0.5, 0.6) is 0 Å². The highest BCUT2D eigenvalue weighted by molar-refractivity contribution is 7.10. The van der Waals surface area contributed by atoms with Gasteiger partial charge >= 0.3 is 0 Å². The van der Waals surface area contributed by atoms with E-state index in [0.717, 1.165) is 19.4 Å². The molecular weight excluding hydrogens is 322 g/mol. The highest BCUT2D eigenvalue weighted by atomic mass is 32.1. The average molecular weight is 344 g/mol. The van der Waals surface area contributed by atoms with Gasteiger partial charge in [-0.05, 0) is 42.6 Å². The second-order valence-electron chi connectivity index (χ2n) is 6.19. The van der Waals surface area contributed by atoms with Gasteiger partial charge in [0.25, 0.3) is 5.91 Å². The number of hydrogen-bond acceptors (Lipinski definition) is 3. The molecule has 0 bridgehead atoms. The molecule has 1 aliphatic rings. The first-order valence-corrected chi connectivity index (χ1v) is 9.04. The van der Waals surface area contributed by atoms with Gasteiger partial charge in [-0.25, -0.2) is 0 Å². The first-order chi connectivity index (χ1) is 11.6. The van der Waals surface area contributed by atoms with E-state index in [1.165, 1.54) is 9.78 Å². The Labute approximate surface area is 145 Å². The van der Waals surface area contributed by atoms with Crippen LogP contribution in [-0.4, -0.2) is 24.4 Å². The van der Waals surface area contributed by atoms with Gasteiger partial charge in [-0.15, -0.1) is 11.3 Å². The van der Waals surface area contributed by atoms with Gasteiger partial charge in [-0.3, -0.25) is 9.59 Å². The van der Waals surface area contributed by atoms with E-state index < -0.39 is 5.91 Å². The monoisotopic (exact) mass is 344 g/mol. The Balaban J connectivity index is 1.67. The van der Waals surface area contributed by atoms with Crippen molar-refractivity contribution in [2.75, 3.05) is 11.9 Å². The van der Waals surface area contributed by atoms with Crippen LogP contribution in [0, 0.1) is 0 Å². The van der Waals surface area contributed by atoms with Crippen molar-refractivity contribution in [3.63, 3.8) is 0 Å². The van der Waals surface area contributed by atoms with Gasteiger partial charge < -0.3 is 16.0 Å². The molecule has 0 spiro atoms. The first kappa shape index (κ1) is 16.7. The maximum atomic E-state index is 12.6. The van der Waals surface area contributed by atoms with E-state index in [1.54, 1.807) is 35.6 Å². The van der Waals surface area contributed by atoms with Crippen molar-refractivity contribution in [2.45, 2.75) is 31.8 Å². The Morgan fingerprint density at radius 2 is 2.04 bits per heavy atom. The Kier molecular flexibility index (Phi) is 4.97. The van der Waals surface area contributed by atoms with Gasteiger partial charge in [0.15, 0.2) is 6.04 Å². The molecule has 1 aliphatic heterocycles. The summed E-state index contributed by atoms with van der Waals surface area (Å²) >= 11 is 1.77. The maximum Gasteiger partial charge on any atom is 0.282 e. The number of carbonyl (C=O) groups excluding carboxylic acids is 2. The topological polar surface area (TPSA) is 76.6 Å². The lowest BCUT2D eigenvalue weighted by atomic mass is 10.1. The minimum Gasteiger partial charge on any atom is -0.366 e. The molecule has 1 saturated heterocycles. The SMILES string of the molecule is C[C@@H](C(=O)Nc1ccc(C(N)=O)cc1)[NH+]1CCC[C@@H]1c1cccs1. The molecule has 1 fully saturated rings. The fraction of sp³-hybridized carbons (Fsp3) is 0.333. The number of likely N-dealkylation sites (tertiary alicyclic amines) is 1.